The summed E-state index contributed by atoms with van der Waals surface area (Å²) >= 11 is 0. The molecule has 156 valence electrons. The SMILES string of the molecule is Cc1nn(C2CCC2)c2c1OCC1CN(CCO1)c1nc(ncc1C(F)(F)F)N2. The molecule has 8 nitrogen and oxygen atoms in total. The summed E-state index contributed by atoms with van der Waals surface area (Å²) in [6, 6.07) is 0.229. The van der Waals surface area contributed by atoms with Crippen molar-refractivity contribution < 1.29 is 22.6 Å². The van der Waals surface area contributed by atoms with E-state index in [4.69, 9.17) is 9.47 Å². The van der Waals surface area contributed by atoms with Crippen LogP contribution in [0.4, 0.5) is 30.8 Å². The fourth-order valence-corrected chi connectivity index (χ4v) is 3.88. The summed E-state index contributed by atoms with van der Waals surface area (Å²) in [6.07, 6.45) is -0.981. The number of ether oxygens (including phenoxy) is 2. The summed E-state index contributed by atoms with van der Waals surface area (Å²) in [5.41, 5.74) is -0.147. The Kier molecular flexibility index (Phi) is 4.30. The zero-order chi connectivity index (χ0) is 20.2. The molecule has 0 radical (unpaired) electrons. The van der Waals surface area contributed by atoms with Crippen LogP contribution in [0.25, 0.3) is 0 Å². The van der Waals surface area contributed by atoms with E-state index in [2.05, 4.69) is 20.4 Å². The molecule has 1 unspecified atom stereocenters. The Morgan fingerprint density at radius 3 is 2.83 bits per heavy atom. The largest absolute Gasteiger partial charge is 0.485 e. The van der Waals surface area contributed by atoms with Crippen molar-refractivity contribution in [2.45, 2.75) is 44.5 Å². The number of halogens is 3. The van der Waals surface area contributed by atoms with Crippen LogP contribution in [-0.2, 0) is 10.9 Å². The summed E-state index contributed by atoms with van der Waals surface area (Å²) in [5, 5.41) is 7.68. The minimum Gasteiger partial charge on any atom is -0.485 e. The highest BCUT2D eigenvalue weighted by Gasteiger charge is 2.39. The van der Waals surface area contributed by atoms with Gasteiger partial charge in [-0.2, -0.15) is 23.3 Å². The second kappa shape index (κ2) is 6.75. The molecule has 11 heteroatoms. The summed E-state index contributed by atoms with van der Waals surface area (Å²) in [5.74, 6) is 1.08. The predicted octanol–water partition coefficient (Wildman–Crippen LogP) is 3.07. The van der Waals surface area contributed by atoms with Crippen molar-refractivity contribution in [3.05, 3.63) is 17.5 Å². The molecule has 1 N–H and O–H groups in total. The first-order valence-corrected chi connectivity index (χ1v) is 9.70. The number of alkyl halides is 3. The third kappa shape index (κ3) is 3.26. The van der Waals surface area contributed by atoms with Crippen LogP contribution in [0.1, 0.15) is 36.6 Å². The second-order valence-electron chi connectivity index (χ2n) is 7.60. The fraction of sp³-hybridized carbons (Fsp3) is 0.611. The maximum atomic E-state index is 13.6. The van der Waals surface area contributed by atoms with E-state index in [1.807, 2.05) is 11.6 Å². The number of nitrogens with one attached hydrogen (secondary N) is 1. The van der Waals surface area contributed by atoms with Crippen LogP contribution >= 0.6 is 0 Å². The summed E-state index contributed by atoms with van der Waals surface area (Å²) < 4.78 is 54.3. The highest BCUT2D eigenvalue weighted by molar-refractivity contribution is 5.62. The van der Waals surface area contributed by atoms with Gasteiger partial charge in [0, 0.05) is 19.3 Å². The number of fused-ring (bicyclic) bond motifs is 6. The van der Waals surface area contributed by atoms with Crippen LogP contribution in [0.15, 0.2) is 6.20 Å². The molecular formula is C18H21F3N6O2. The van der Waals surface area contributed by atoms with E-state index in [-0.39, 0.29) is 37.1 Å². The molecule has 4 bridgehead atoms. The Hall–Kier alpha value is -2.56. The molecule has 2 aromatic heterocycles. The van der Waals surface area contributed by atoms with Crippen LogP contribution in [0.2, 0.25) is 0 Å². The zero-order valence-corrected chi connectivity index (χ0v) is 15.9. The zero-order valence-electron chi connectivity index (χ0n) is 15.9. The molecule has 1 aliphatic carbocycles. The second-order valence-corrected chi connectivity index (χ2v) is 7.60. The van der Waals surface area contributed by atoms with E-state index in [0.717, 1.165) is 25.5 Å². The van der Waals surface area contributed by atoms with E-state index in [1.54, 1.807) is 4.90 Å². The van der Waals surface area contributed by atoms with Crippen LogP contribution < -0.4 is 15.0 Å². The molecular weight excluding hydrogens is 389 g/mol. The lowest BCUT2D eigenvalue weighted by Gasteiger charge is -2.34. The monoisotopic (exact) mass is 410 g/mol. The number of anilines is 3. The molecule has 4 heterocycles. The van der Waals surface area contributed by atoms with Crippen molar-refractivity contribution in [3.8, 4) is 5.75 Å². The quantitative estimate of drug-likeness (QED) is 0.774. The summed E-state index contributed by atoms with van der Waals surface area (Å²) in [6.45, 7) is 2.93. The van der Waals surface area contributed by atoms with Gasteiger partial charge in [-0.15, -0.1) is 0 Å². The van der Waals surface area contributed by atoms with Crippen LogP contribution in [0.3, 0.4) is 0 Å². The van der Waals surface area contributed by atoms with Gasteiger partial charge in [0.1, 0.15) is 29.8 Å². The van der Waals surface area contributed by atoms with E-state index >= 15 is 0 Å². The Labute approximate surface area is 165 Å². The Bertz CT molecular complexity index is 927. The van der Waals surface area contributed by atoms with E-state index in [9.17, 15) is 13.2 Å². The van der Waals surface area contributed by atoms with E-state index in [0.29, 0.717) is 30.4 Å². The predicted molar refractivity (Wildman–Crippen MR) is 97.6 cm³/mol. The Morgan fingerprint density at radius 1 is 1.28 bits per heavy atom. The lowest BCUT2D eigenvalue weighted by molar-refractivity contribution is -0.137. The average Bonchev–Trinajstić information content (AvgIpc) is 2.92. The van der Waals surface area contributed by atoms with Crippen molar-refractivity contribution in [1.29, 1.82) is 0 Å². The van der Waals surface area contributed by atoms with Crippen LogP contribution in [0, 0.1) is 6.92 Å². The number of hydrogen-bond acceptors (Lipinski definition) is 7. The van der Waals surface area contributed by atoms with Gasteiger partial charge in [-0.25, -0.2) is 9.67 Å². The minimum absolute atomic E-state index is 0.0864. The molecule has 5 rings (SSSR count). The first-order chi connectivity index (χ1) is 13.9. The molecule has 2 aromatic rings. The first-order valence-electron chi connectivity index (χ1n) is 9.70. The molecule has 0 aromatic carbocycles. The van der Waals surface area contributed by atoms with Gasteiger partial charge in [-0.05, 0) is 26.2 Å². The number of aryl methyl sites for hydroxylation is 1. The fourth-order valence-electron chi connectivity index (χ4n) is 3.88. The van der Waals surface area contributed by atoms with E-state index < -0.39 is 11.7 Å². The molecule has 3 aliphatic rings. The number of nitrogens with zero attached hydrogens (tertiary/aromatic N) is 5. The van der Waals surface area contributed by atoms with E-state index in [1.165, 1.54) is 0 Å². The summed E-state index contributed by atoms with van der Waals surface area (Å²) in [7, 11) is 0. The molecule has 1 saturated carbocycles. The minimum atomic E-state index is -4.55. The molecule has 2 aliphatic heterocycles. The maximum Gasteiger partial charge on any atom is 0.421 e. The molecule has 0 amide bonds. The van der Waals surface area contributed by atoms with Gasteiger partial charge in [-0.3, -0.25) is 0 Å². The van der Waals surface area contributed by atoms with Crippen LogP contribution in [-0.4, -0.2) is 52.2 Å². The highest BCUT2D eigenvalue weighted by atomic mass is 19.4. The van der Waals surface area contributed by atoms with Gasteiger partial charge in [0.05, 0.1) is 12.6 Å². The molecule has 1 saturated heterocycles. The molecule has 2 fully saturated rings. The Balaban J connectivity index is 1.63. The standard InChI is InChI=1S/C18H21F3N6O2/c1-10-14-16(27(25-10)11-3-2-4-11)24-17-22-7-13(18(19,20)21)15(23-17)26-5-6-28-12(8-26)9-29-14/h7,11-12H,2-6,8-9H2,1H3,(H,22,23,24). The van der Waals surface area contributed by atoms with Gasteiger partial charge < -0.3 is 19.7 Å². The Morgan fingerprint density at radius 2 is 2.10 bits per heavy atom. The lowest BCUT2D eigenvalue weighted by Crippen LogP contribution is -2.46. The highest BCUT2D eigenvalue weighted by Crippen LogP contribution is 2.41. The van der Waals surface area contributed by atoms with Gasteiger partial charge in [0.25, 0.3) is 0 Å². The average molecular weight is 410 g/mol. The van der Waals surface area contributed by atoms with Gasteiger partial charge in [0.15, 0.2) is 11.6 Å². The van der Waals surface area contributed by atoms with Crippen molar-refractivity contribution in [1.82, 2.24) is 19.7 Å². The van der Waals surface area contributed by atoms with Crippen molar-refractivity contribution in [2.24, 2.45) is 0 Å². The van der Waals surface area contributed by atoms with Gasteiger partial charge >= 0.3 is 6.18 Å². The number of morpholine rings is 1. The molecule has 1 atom stereocenters. The molecule has 0 spiro atoms. The number of aromatic nitrogens is 4. The number of hydrogen-bond donors (Lipinski definition) is 1. The number of rotatable bonds is 1. The third-order valence-electron chi connectivity index (χ3n) is 5.61. The van der Waals surface area contributed by atoms with Crippen LogP contribution in [0.5, 0.6) is 5.75 Å². The maximum absolute atomic E-state index is 13.6. The summed E-state index contributed by atoms with van der Waals surface area (Å²) in [4.78, 5) is 9.78. The van der Waals surface area contributed by atoms with Crippen molar-refractivity contribution >= 4 is 17.6 Å². The first kappa shape index (κ1) is 18.5. The normalized spacial score (nSPS) is 22.1. The third-order valence-corrected chi connectivity index (χ3v) is 5.61. The smallest absolute Gasteiger partial charge is 0.421 e. The van der Waals surface area contributed by atoms with Gasteiger partial charge in [0.2, 0.25) is 5.95 Å². The lowest BCUT2D eigenvalue weighted by atomic mass is 9.93. The van der Waals surface area contributed by atoms with Crippen molar-refractivity contribution in [3.63, 3.8) is 0 Å². The van der Waals surface area contributed by atoms with Gasteiger partial charge in [-0.1, -0.05) is 0 Å². The van der Waals surface area contributed by atoms with Crippen molar-refractivity contribution in [2.75, 3.05) is 36.5 Å². The molecule has 29 heavy (non-hydrogen) atoms. The topological polar surface area (TPSA) is 77.3 Å².